The number of amides is 1. The molecule has 5 nitrogen and oxygen atoms in total. The molecule has 2 rings (SSSR count). The van der Waals surface area contributed by atoms with E-state index in [1.54, 1.807) is 6.07 Å². The van der Waals surface area contributed by atoms with Crippen molar-refractivity contribution in [2.24, 2.45) is 0 Å². The molecule has 0 bridgehead atoms. The van der Waals surface area contributed by atoms with Gasteiger partial charge in [0.15, 0.2) is 0 Å². The highest BCUT2D eigenvalue weighted by atomic mass is 16.2. The molecule has 0 radical (unpaired) electrons. The molecule has 1 fully saturated rings. The van der Waals surface area contributed by atoms with E-state index in [1.807, 2.05) is 15.7 Å². The Morgan fingerprint density at radius 3 is 2.80 bits per heavy atom. The van der Waals surface area contributed by atoms with Crippen molar-refractivity contribution < 1.29 is 4.79 Å². The van der Waals surface area contributed by atoms with E-state index in [9.17, 15) is 4.79 Å². The average molecular weight is 278 g/mol. The number of likely N-dealkylation sites (N-methyl/N-ethyl adjacent to an activating group) is 1. The van der Waals surface area contributed by atoms with Gasteiger partial charge in [-0.05, 0) is 26.0 Å². The number of aryl methyl sites for hydroxylation is 1. The lowest BCUT2D eigenvalue weighted by molar-refractivity contribution is 0.0532. The first kappa shape index (κ1) is 14.9. The Morgan fingerprint density at radius 2 is 2.15 bits per heavy atom. The van der Waals surface area contributed by atoms with Crippen LogP contribution in [0, 0.1) is 0 Å². The summed E-state index contributed by atoms with van der Waals surface area (Å²) in [6.45, 7) is 7.66. The quantitative estimate of drug-likeness (QED) is 0.911. The van der Waals surface area contributed by atoms with Gasteiger partial charge in [-0.15, -0.1) is 0 Å². The third-order valence-corrected chi connectivity index (χ3v) is 4.14. The van der Waals surface area contributed by atoms with Gasteiger partial charge in [0, 0.05) is 38.4 Å². The van der Waals surface area contributed by atoms with Gasteiger partial charge in [0.05, 0.1) is 5.69 Å². The fourth-order valence-corrected chi connectivity index (χ4v) is 2.87. The number of rotatable bonds is 4. The summed E-state index contributed by atoms with van der Waals surface area (Å²) in [5.41, 5.74) is 7.25. The van der Waals surface area contributed by atoms with Gasteiger partial charge in [0.25, 0.3) is 5.91 Å². The maximum absolute atomic E-state index is 12.7. The van der Waals surface area contributed by atoms with Crippen LogP contribution < -0.4 is 5.73 Å². The Hall–Kier alpha value is -1.49. The highest BCUT2D eigenvalue weighted by molar-refractivity contribution is 5.94. The van der Waals surface area contributed by atoms with Crippen molar-refractivity contribution >= 4 is 11.6 Å². The molecule has 0 saturated carbocycles. The van der Waals surface area contributed by atoms with Crippen LogP contribution in [-0.4, -0.2) is 53.0 Å². The van der Waals surface area contributed by atoms with Crippen molar-refractivity contribution in [1.29, 1.82) is 0 Å². The summed E-state index contributed by atoms with van der Waals surface area (Å²) < 4.78 is 1.98. The molecule has 1 atom stereocenters. The summed E-state index contributed by atoms with van der Waals surface area (Å²) in [5.74, 6) is 0.113. The van der Waals surface area contributed by atoms with E-state index < -0.39 is 0 Å². The lowest BCUT2D eigenvalue weighted by Gasteiger charge is -2.39. The third-order valence-electron chi connectivity index (χ3n) is 4.14. The first-order valence-electron chi connectivity index (χ1n) is 7.52. The third kappa shape index (κ3) is 2.98. The van der Waals surface area contributed by atoms with Gasteiger partial charge in [0.2, 0.25) is 0 Å². The van der Waals surface area contributed by atoms with Crippen LogP contribution >= 0.6 is 0 Å². The van der Waals surface area contributed by atoms with Crippen LogP contribution in [0.25, 0.3) is 0 Å². The highest BCUT2D eigenvalue weighted by Gasteiger charge is 2.28. The molecule has 20 heavy (non-hydrogen) atoms. The number of carbonyl (C=O) groups is 1. The Labute approximate surface area is 121 Å². The fourth-order valence-electron chi connectivity index (χ4n) is 2.87. The lowest BCUT2D eigenvalue weighted by Crippen LogP contribution is -2.53. The summed E-state index contributed by atoms with van der Waals surface area (Å²) in [6, 6.07) is 2.26. The second-order valence-corrected chi connectivity index (χ2v) is 5.65. The average Bonchev–Trinajstić information content (AvgIpc) is 2.80. The Balaban J connectivity index is 2.15. The normalized spacial score (nSPS) is 20.4. The van der Waals surface area contributed by atoms with Gasteiger partial charge in [0.1, 0.15) is 5.69 Å². The standard InChI is InChI=1S/C15H26N4O/c1-4-6-18-10-12(16)9-14(18)15(20)19-8-7-17(3)13(5-2)11-19/h9-10,13H,4-8,11,16H2,1-3H3. The van der Waals surface area contributed by atoms with E-state index in [0.29, 0.717) is 11.7 Å². The number of nitrogens with two attached hydrogens (primary N) is 1. The fraction of sp³-hybridized carbons (Fsp3) is 0.667. The first-order chi connectivity index (χ1) is 9.56. The van der Waals surface area contributed by atoms with Gasteiger partial charge in [-0.25, -0.2) is 0 Å². The molecule has 1 saturated heterocycles. The minimum absolute atomic E-state index is 0.113. The molecule has 1 aromatic heterocycles. The van der Waals surface area contributed by atoms with Gasteiger partial charge in [-0.1, -0.05) is 13.8 Å². The molecular formula is C15H26N4O. The van der Waals surface area contributed by atoms with Crippen LogP contribution in [0.2, 0.25) is 0 Å². The number of aromatic nitrogens is 1. The van der Waals surface area contributed by atoms with Crippen LogP contribution in [0.5, 0.6) is 0 Å². The van der Waals surface area contributed by atoms with Crippen molar-refractivity contribution in [3.05, 3.63) is 18.0 Å². The zero-order chi connectivity index (χ0) is 14.7. The van der Waals surface area contributed by atoms with Gasteiger partial charge in [-0.2, -0.15) is 0 Å². The minimum atomic E-state index is 0.113. The van der Waals surface area contributed by atoms with Crippen molar-refractivity contribution in [3.8, 4) is 0 Å². The minimum Gasteiger partial charge on any atom is -0.397 e. The van der Waals surface area contributed by atoms with Crippen molar-refractivity contribution in [2.45, 2.75) is 39.3 Å². The first-order valence-corrected chi connectivity index (χ1v) is 7.52. The summed E-state index contributed by atoms with van der Waals surface area (Å²) in [4.78, 5) is 17.0. The van der Waals surface area contributed by atoms with E-state index >= 15 is 0 Å². The van der Waals surface area contributed by atoms with E-state index in [-0.39, 0.29) is 5.91 Å². The number of anilines is 1. The molecular weight excluding hydrogens is 252 g/mol. The van der Waals surface area contributed by atoms with Crippen LogP contribution in [0.15, 0.2) is 12.3 Å². The molecule has 0 aromatic carbocycles. The van der Waals surface area contributed by atoms with E-state index in [1.165, 1.54) is 0 Å². The summed E-state index contributed by atoms with van der Waals surface area (Å²) >= 11 is 0. The molecule has 112 valence electrons. The van der Waals surface area contributed by atoms with Crippen LogP contribution in [0.4, 0.5) is 5.69 Å². The van der Waals surface area contributed by atoms with E-state index in [4.69, 9.17) is 5.73 Å². The molecule has 1 unspecified atom stereocenters. The monoisotopic (exact) mass is 278 g/mol. The van der Waals surface area contributed by atoms with Crippen molar-refractivity contribution in [2.75, 3.05) is 32.4 Å². The molecule has 0 aliphatic carbocycles. The largest absolute Gasteiger partial charge is 0.397 e. The van der Waals surface area contributed by atoms with Crippen LogP contribution in [-0.2, 0) is 6.54 Å². The molecule has 1 aliphatic heterocycles. The van der Waals surface area contributed by atoms with Crippen LogP contribution in [0.3, 0.4) is 0 Å². The second-order valence-electron chi connectivity index (χ2n) is 5.65. The van der Waals surface area contributed by atoms with Crippen LogP contribution in [0.1, 0.15) is 37.2 Å². The smallest absolute Gasteiger partial charge is 0.270 e. The predicted octanol–water partition coefficient (Wildman–Crippen LogP) is 1.65. The molecule has 5 heteroatoms. The number of nitrogen functional groups attached to an aromatic ring is 1. The Kier molecular flexibility index (Phi) is 4.70. The summed E-state index contributed by atoms with van der Waals surface area (Å²) in [5, 5.41) is 0. The van der Waals surface area contributed by atoms with E-state index in [0.717, 1.165) is 44.7 Å². The van der Waals surface area contributed by atoms with Gasteiger partial charge < -0.3 is 15.2 Å². The topological polar surface area (TPSA) is 54.5 Å². The summed E-state index contributed by atoms with van der Waals surface area (Å²) in [6.07, 6.45) is 3.93. The molecule has 1 aliphatic rings. The zero-order valence-electron chi connectivity index (χ0n) is 12.8. The van der Waals surface area contributed by atoms with Crippen molar-refractivity contribution in [1.82, 2.24) is 14.4 Å². The predicted molar refractivity (Wildman–Crippen MR) is 81.7 cm³/mol. The van der Waals surface area contributed by atoms with E-state index in [2.05, 4.69) is 25.8 Å². The molecule has 0 spiro atoms. The Morgan fingerprint density at radius 1 is 1.40 bits per heavy atom. The number of hydrogen-bond acceptors (Lipinski definition) is 3. The van der Waals surface area contributed by atoms with Crippen molar-refractivity contribution in [3.63, 3.8) is 0 Å². The lowest BCUT2D eigenvalue weighted by atomic mass is 10.1. The number of nitrogens with zero attached hydrogens (tertiary/aromatic N) is 3. The SMILES string of the molecule is CCCn1cc(N)cc1C(=O)N1CCN(C)C(CC)C1. The molecule has 2 heterocycles. The summed E-state index contributed by atoms with van der Waals surface area (Å²) in [7, 11) is 2.13. The molecule has 1 amide bonds. The van der Waals surface area contributed by atoms with Gasteiger partial charge >= 0.3 is 0 Å². The maximum Gasteiger partial charge on any atom is 0.270 e. The maximum atomic E-state index is 12.7. The molecule has 1 aromatic rings. The number of piperazine rings is 1. The number of carbonyl (C=O) groups excluding carboxylic acids is 1. The Bertz CT molecular complexity index is 468. The number of hydrogen-bond donors (Lipinski definition) is 1. The second kappa shape index (κ2) is 6.31. The highest BCUT2D eigenvalue weighted by Crippen LogP contribution is 2.17. The van der Waals surface area contributed by atoms with Gasteiger partial charge in [-0.3, -0.25) is 9.69 Å². The molecule has 2 N–H and O–H groups in total. The zero-order valence-corrected chi connectivity index (χ0v) is 12.8.